The largest absolute Gasteiger partial charge is 0.460 e. The number of halogens is 1. The van der Waals surface area contributed by atoms with Gasteiger partial charge in [0.15, 0.2) is 6.23 Å². The van der Waals surface area contributed by atoms with E-state index in [9.17, 15) is 28.4 Å². The third-order valence-corrected chi connectivity index (χ3v) is 7.78. The molecule has 0 amide bonds. The predicted molar refractivity (Wildman–Crippen MR) is 140 cm³/mol. The molecular formula is C26H29FN3O9P. The SMILES string of the molecule is C[C@@H](NP(=O)(OC[C@H]1O[C@@H](n2ccc(=O)[nH]c2=O)[C@H](O)[C@@H]1CF)Oc1ccccc1)C(=O)OCc1ccccc1. The van der Waals surface area contributed by atoms with Gasteiger partial charge >= 0.3 is 19.4 Å². The number of benzene rings is 2. The molecule has 214 valence electrons. The summed E-state index contributed by atoms with van der Waals surface area (Å²) in [6.07, 6.45) is -2.88. The third kappa shape index (κ3) is 7.32. The van der Waals surface area contributed by atoms with Crippen molar-refractivity contribution in [3.63, 3.8) is 0 Å². The van der Waals surface area contributed by atoms with Gasteiger partial charge < -0.3 is 19.1 Å². The summed E-state index contributed by atoms with van der Waals surface area (Å²) in [5, 5.41) is 13.2. The number of aliphatic hydroxyl groups is 1. The van der Waals surface area contributed by atoms with E-state index in [2.05, 4.69) is 5.09 Å². The second-order valence-electron chi connectivity index (χ2n) is 9.03. The maximum absolute atomic E-state index is 13.9. The molecule has 0 aliphatic carbocycles. The molecule has 0 spiro atoms. The summed E-state index contributed by atoms with van der Waals surface area (Å²) in [7, 11) is -4.31. The van der Waals surface area contributed by atoms with E-state index in [0.29, 0.717) is 0 Å². The molecule has 1 aromatic heterocycles. The summed E-state index contributed by atoms with van der Waals surface area (Å²) in [5.41, 5.74) is -0.760. The molecule has 2 heterocycles. The molecule has 1 fully saturated rings. The number of para-hydroxylation sites is 1. The van der Waals surface area contributed by atoms with Crippen LogP contribution in [0.2, 0.25) is 0 Å². The van der Waals surface area contributed by atoms with Crippen LogP contribution in [0, 0.1) is 5.92 Å². The summed E-state index contributed by atoms with van der Waals surface area (Å²) in [5.74, 6) is -1.73. The van der Waals surface area contributed by atoms with Crippen LogP contribution in [0.15, 0.2) is 82.5 Å². The average molecular weight is 578 g/mol. The summed E-state index contributed by atoms with van der Waals surface area (Å²) in [6, 6.07) is 16.9. The van der Waals surface area contributed by atoms with Gasteiger partial charge in [-0.25, -0.2) is 9.36 Å². The number of carbonyl (C=O) groups excluding carboxylic acids is 1. The zero-order valence-corrected chi connectivity index (χ0v) is 22.3. The first-order valence-corrected chi connectivity index (χ1v) is 13.9. The van der Waals surface area contributed by atoms with Crippen LogP contribution in [0.1, 0.15) is 18.7 Å². The van der Waals surface area contributed by atoms with Crippen molar-refractivity contribution in [3.8, 4) is 5.75 Å². The highest BCUT2D eigenvalue weighted by atomic mass is 31.2. The number of nitrogens with one attached hydrogen (secondary N) is 2. The van der Waals surface area contributed by atoms with Gasteiger partial charge in [0, 0.05) is 18.2 Å². The lowest BCUT2D eigenvalue weighted by atomic mass is 10.00. The molecule has 2 aromatic carbocycles. The summed E-state index contributed by atoms with van der Waals surface area (Å²) >= 11 is 0. The van der Waals surface area contributed by atoms with Gasteiger partial charge in [-0.05, 0) is 24.6 Å². The lowest BCUT2D eigenvalue weighted by molar-refractivity contribution is -0.146. The van der Waals surface area contributed by atoms with Crippen molar-refractivity contribution in [1.82, 2.24) is 14.6 Å². The van der Waals surface area contributed by atoms with Crippen LogP contribution in [-0.4, -0.2) is 52.2 Å². The topological polar surface area (TPSA) is 158 Å². The molecular weight excluding hydrogens is 548 g/mol. The zero-order chi connectivity index (χ0) is 28.7. The number of carbonyl (C=O) groups is 1. The second kappa shape index (κ2) is 13.2. The fourth-order valence-electron chi connectivity index (χ4n) is 4.03. The van der Waals surface area contributed by atoms with E-state index in [0.717, 1.165) is 22.4 Å². The van der Waals surface area contributed by atoms with Gasteiger partial charge in [0.1, 0.15) is 24.5 Å². The van der Waals surface area contributed by atoms with E-state index >= 15 is 0 Å². The van der Waals surface area contributed by atoms with Crippen LogP contribution in [0.3, 0.4) is 0 Å². The number of aromatic amines is 1. The van der Waals surface area contributed by atoms with Crippen LogP contribution < -0.4 is 20.9 Å². The van der Waals surface area contributed by atoms with Crippen molar-refractivity contribution < 1.29 is 37.4 Å². The van der Waals surface area contributed by atoms with Gasteiger partial charge in [0.2, 0.25) is 0 Å². The molecule has 6 atom stereocenters. The molecule has 3 aromatic rings. The van der Waals surface area contributed by atoms with Crippen LogP contribution in [0.5, 0.6) is 5.75 Å². The van der Waals surface area contributed by atoms with Crippen LogP contribution in [-0.2, 0) is 30.0 Å². The number of ether oxygens (including phenoxy) is 2. The molecule has 1 saturated heterocycles. The molecule has 1 aliphatic rings. The van der Waals surface area contributed by atoms with Crippen molar-refractivity contribution in [2.24, 2.45) is 5.92 Å². The Balaban J connectivity index is 1.47. The van der Waals surface area contributed by atoms with E-state index in [-0.39, 0.29) is 12.4 Å². The number of aromatic nitrogens is 2. The molecule has 1 aliphatic heterocycles. The van der Waals surface area contributed by atoms with E-state index in [4.69, 9.17) is 18.5 Å². The summed E-state index contributed by atoms with van der Waals surface area (Å²) < 4.78 is 50.8. The highest BCUT2D eigenvalue weighted by molar-refractivity contribution is 7.52. The number of H-pyrrole nitrogens is 1. The monoisotopic (exact) mass is 577 g/mol. The van der Waals surface area contributed by atoms with Crippen molar-refractivity contribution in [2.75, 3.05) is 13.3 Å². The first kappa shape index (κ1) is 29.4. The number of alkyl halides is 1. The minimum absolute atomic E-state index is 0.00607. The second-order valence-corrected chi connectivity index (χ2v) is 10.7. The molecule has 14 heteroatoms. The van der Waals surface area contributed by atoms with Crippen LogP contribution in [0.4, 0.5) is 4.39 Å². The Morgan fingerprint density at radius 3 is 2.48 bits per heavy atom. The Hall–Kier alpha value is -3.61. The maximum Gasteiger partial charge on any atom is 0.459 e. The standard InChI is InChI=1S/C26H29FN3O9P/c1-17(25(33)36-15-18-8-4-2-5-9-18)29-40(35,39-19-10-6-3-7-11-19)37-16-21-20(14-27)23(32)24(38-21)30-13-12-22(31)28-26(30)34/h2-13,17,20-21,23-24,32H,14-16H2,1H3,(H,29,35)(H,28,31,34)/t17-,20-,21-,23-,24-,40?/m1/s1. The molecule has 0 bridgehead atoms. The Labute approximate surface area is 228 Å². The van der Waals surface area contributed by atoms with E-state index in [1.54, 1.807) is 42.5 Å². The normalized spacial score (nSPS) is 22.8. The number of aliphatic hydroxyl groups excluding tert-OH is 1. The van der Waals surface area contributed by atoms with E-state index in [1.807, 2.05) is 11.1 Å². The van der Waals surface area contributed by atoms with Crippen LogP contribution >= 0.6 is 7.75 Å². The first-order valence-electron chi connectivity index (χ1n) is 12.4. The van der Waals surface area contributed by atoms with E-state index < -0.39 is 68.6 Å². The van der Waals surface area contributed by atoms with Gasteiger partial charge in [-0.15, -0.1) is 0 Å². The van der Waals surface area contributed by atoms with Gasteiger partial charge in [-0.3, -0.25) is 28.1 Å². The number of hydrogen-bond donors (Lipinski definition) is 3. The summed E-state index contributed by atoms with van der Waals surface area (Å²) in [4.78, 5) is 38.3. The fraction of sp³-hybridized carbons (Fsp3) is 0.346. The van der Waals surface area contributed by atoms with Crippen molar-refractivity contribution in [2.45, 2.75) is 38.0 Å². The van der Waals surface area contributed by atoms with E-state index in [1.165, 1.54) is 19.1 Å². The Morgan fingerprint density at radius 2 is 1.82 bits per heavy atom. The van der Waals surface area contributed by atoms with Gasteiger partial charge in [0.05, 0.1) is 19.4 Å². The number of rotatable bonds is 12. The zero-order valence-electron chi connectivity index (χ0n) is 21.4. The fourth-order valence-corrected chi connectivity index (χ4v) is 5.53. The molecule has 12 nitrogen and oxygen atoms in total. The molecule has 40 heavy (non-hydrogen) atoms. The molecule has 0 saturated carbocycles. The number of esters is 1. The Morgan fingerprint density at radius 1 is 1.15 bits per heavy atom. The minimum atomic E-state index is -4.31. The summed E-state index contributed by atoms with van der Waals surface area (Å²) in [6.45, 7) is -0.184. The molecule has 0 radical (unpaired) electrons. The van der Waals surface area contributed by atoms with Gasteiger partial charge in [-0.2, -0.15) is 5.09 Å². The van der Waals surface area contributed by atoms with Crippen LogP contribution in [0.25, 0.3) is 0 Å². The maximum atomic E-state index is 13.9. The third-order valence-electron chi connectivity index (χ3n) is 6.13. The minimum Gasteiger partial charge on any atom is -0.460 e. The lowest BCUT2D eigenvalue weighted by Crippen LogP contribution is -2.36. The predicted octanol–water partition coefficient (Wildman–Crippen LogP) is 2.31. The Kier molecular flexibility index (Phi) is 9.67. The van der Waals surface area contributed by atoms with Crippen molar-refractivity contribution in [1.29, 1.82) is 0 Å². The highest BCUT2D eigenvalue weighted by Crippen LogP contribution is 2.46. The Bertz CT molecular complexity index is 1440. The molecule has 3 N–H and O–H groups in total. The smallest absolute Gasteiger partial charge is 0.459 e. The number of hydrogen-bond acceptors (Lipinski definition) is 9. The van der Waals surface area contributed by atoms with Crippen molar-refractivity contribution >= 4 is 13.7 Å². The van der Waals surface area contributed by atoms with Crippen molar-refractivity contribution in [3.05, 3.63) is 99.3 Å². The molecule has 4 rings (SSSR count). The highest BCUT2D eigenvalue weighted by Gasteiger charge is 2.46. The quantitative estimate of drug-likeness (QED) is 0.215. The number of nitrogens with zero attached hydrogens (tertiary/aromatic N) is 1. The lowest BCUT2D eigenvalue weighted by Gasteiger charge is -2.25. The van der Waals surface area contributed by atoms with Gasteiger partial charge in [-0.1, -0.05) is 48.5 Å². The average Bonchev–Trinajstić information content (AvgIpc) is 3.26. The van der Waals surface area contributed by atoms with Gasteiger partial charge in [0.25, 0.3) is 5.56 Å². The first-order chi connectivity index (χ1) is 19.2. The molecule has 1 unspecified atom stereocenters.